The maximum Gasteiger partial charge on any atom is 0.291 e. The minimum Gasteiger partial charge on any atom is -0.346 e. The number of carbonyl (C=O) groups is 1. The Balaban J connectivity index is 2.00. The molecule has 118 valence electrons. The van der Waals surface area contributed by atoms with Crippen LogP contribution in [0.1, 0.15) is 77.2 Å². The van der Waals surface area contributed by atoms with E-state index in [0.29, 0.717) is 11.3 Å². The largest absolute Gasteiger partial charge is 0.346 e. The van der Waals surface area contributed by atoms with Gasteiger partial charge in [-0.3, -0.25) is 9.89 Å². The molecule has 1 aliphatic rings. The summed E-state index contributed by atoms with van der Waals surface area (Å²) in [4.78, 5) is 16.6. The van der Waals surface area contributed by atoms with E-state index >= 15 is 0 Å². The molecule has 0 saturated heterocycles. The lowest BCUT2D eigenvalue weighted by molar-refractivity contribution is 0.0851. The SMILES string of the molecule is CC1CC(C)(C)CCC1NC(=O)c1n[nH]c(C(C)(C)C)n1. The van der Waals surface area contributed by atoms with E-state index in [9.17, 15) is 4.79 Å². The number of rotatable bonds is 2. The smallest absolute Gasteiger partial charge is 0.291 e. The maximum atomic E-state index is 12.3. The second-order valence-electron chi connectivity index (χ2n) is 8.22. The van der Waals surface area contributed by atoms with Crippen LogP contribution in [0.3, 0.4) is 0 Å². The topological polar surface area (TPSA) is 70.7 Å². The summed E-state index contributed by atoms with van der Waals surface area (Å²) in [6.45, 7) is 12.9. The number of hydrogen-bond acceptors (Lipinski definition) is 3. The van der Waals surface area contributed by atoms with Gasteiger partial charge < -0.3 is 5.32 Å². The van der Waals surface area contributed by atoms with Gasteiger partial charge in [-0.05, 0) is 30.6 Å². The van der Waals surface area contributed by atoms with Crippen molar-refractivity contribution < 1.29 is 4.79 Å². The summed E-state index contributed by atoms with van der Waals surface area (Å²) in [5.74, 6) is 1.31. The Labute approximate surface area is 127 Å². The third kappa shape index (κ3) is 3.83. The van der Waals surface area contributed by atoms with Gasteiger partial charge in [-0.15, -0.1) is 5.10 Å². The molecule has 2 N–H and O–H groups in total. The highest BCUT2D eigenvalue weighted by molar-refractivity contribution is 5.90. The Morgan fingerprint density at radius 1 is 1.38 bits per heavy atom. The number of H-pyrrole nitrogens is 1. The predicted molar refractivity (Wildman–Crippen MR) is 83.1 cm³/mol. The van der Waals surface area contributed by atoms with Crippen LogP contribution in [0.15, 0.2) is 0 Å². The van der Waals surface area contributed by atoms with Crippen LogP contribution in [-0.2, 0) is 5.41 Å². The fourth-order valence-electron chi connectivity index (χ4n) is 3.09. The molecule has 2 rings (SSSR count). The molecule has 0 bridgehead atoms. The molecule has 5 heteroatoms. The molecule has 1 fully saturated rings. The zero-order chi connectivity index (χ0) is 15.8. The molecule has 5 nitrogen and oxygen atoms in total. The third-order valence-electron chi connectivity index (χ3n) is 4.41. The van der Waals surface area contributed by atoms with E-state index < -0.39 is 0 Å². The van der Waals surface area contributed by atoms with Gasteiger partial charge in [-0.1, -0.05) is 41.5 Å². The molecule has 0 radical (unpaired) electrons. The van der Waals surface area contributed by atoms with Gasteiger partial charge in [0, 0.05) is 11.5 Å². The fraction of sp³-hybridized carbons (Fsp3) is 0.812. The van der Waals surface area contributed by atoms with Crippen LogP contribution in [0.5, 0.6) is 0 Å². The van der Waals surface area contributed by atoms with Gasteiger partial charge in [0.1, 0.15) is 5.82 Å². The summed E-state index contributed by atoms with van der Waals surface area (Å²) in [7, 11) is 0. The molecule has 0 aromatic carbocycles. The van der Waals surface area contributed by atoms with Crippen molar-refractivity contribution in [3.63, 3.8) is 0 Å². The maximum absolute atomic E-state index is 12.3. The van der Waals surface area contributed by atoms with Crippen molar-refractivity contribution in [3.8, 4) is 0 Å². The number of amides is 1. The van der Waals surface area contributed by atoms with Crippen LogP contribution in [0.25, 0.3) is 0 Å². The van der Waals surface area contributed by atoms with E-state index in [2.05, 4.69) is 41.3 Å². The van der Waals surface area contributed by atoms with Gasteiger partial charge >= 0.3 is 0 Å². The monoisotopic (exact) mass is 292 g/mol. The number of nitrogens with zero attached hydrogens (tertiary/aromatic N) is 2. The first-order valence-electron chi connectivity index (χ1n) is 7.82. The Bertz CT molecular complexity index is 513. The summed E-state index contributed by atoms with van der Waals surface area (Å²) in [5.41, 5.74) is 0.248. The van der Waals surface area contributed by atoms with E-state index in [1.54, 1.807) is 0 Å². The summed E-state index contributed by atoms with van der Waals surface area (Å²) in [5, 5.41) is 10.0. The number of nitrogens with one attached hydrogen (secondary N) is 2. The highest BCUT2D eigenvalue weighted by atomic mass is 16.2. The van der Waals surface area contributed by atoms with Crippen molar-refractivity contribution in [2.75, 3.05) is 0 Å². The van der Waals surface area contributed by atoms with Crippen molar-refractivity contribution in [1.29, 1.82) is 0 Å². The quantitative estimate of drug-likeness (QED) is 0.880. The molecule has 2 unspecified atom stereocenters. The fourth-order valence-corrected chi connectivity index (χ4v) is 3.09. The van der Waals surface area contributed by atoms with Crippen LogP contribution in [0, 0.1) is 11.3 Å². The molecule has 0 aliphatic heterocycles. The minimum absolute atomic E-state index is 0.131. The lowest BCUT2D eigenvalue weighted by Gasteiger charge is -2.39. The van der Waals surface area contributed by atoms with E-state index in [0.717, 1.165) is 25.1 Å². The van der Waals surface area contributed by atoms with Crippen LogP contribution >= 0.6 is 0 Å². The van der Waals surface area contributed by atoms with E-state index in [1.807, 2.05) is 20.8 Å². The summed E-state index contributed by atoms with van der Waals surface area (Å²) in [6.07, 6.45) is 3.30. The Morgan fingerprint density at radius 3 is 2.57 bits per heavy atom. The molecule has 1 saturated carbocycles. The second-order valence-corrected chi connectivity index (χ2v) is 8.22. The number of aromatic nitrogens is 3. The van der Waals surface area contributed by atoms with Gasteiger partial charge in [0.05, 0.1) is 0 Å². The van der Waals surface area contributed by atoms with Crippen molar-refractivity contribution in [2.45, 2.75) is 72.3 Å². The minimum atomic E-state index is -0.168. The lowest BCUT2D eigenvalue weighted by atomic mass is 9.70. The van der Waals surface area contributed by atoms with Crippen LogP contribution < -0.4 is 5.32 Å². The Morgan fingerprint density at radius 2 is 2.05 bits per heavy atom. The van der Waals surface area contributed by atoms with E-state index in [4.69, 9.17) is 0 Å². The first kappa shape index (κ1) is 16.0. The Hall–Kier alpha value is -1.39. The second kappa shape index (κ2) is 5.43. The van der Waals surface area contributed by atoms with Crippen LogP contribution in [-0.4, -0.2) is 27.1 Å². The molecule has 1 amide bonds. The predicted octanol–water partition coefficient (Wildman–Crippen LogP) is 3.05. The summed E-state index contributed by atoms with van der Waals surface area (Å²) < 4.78 is 0. The van der Waals surface area contributed by atoms with Gasteiger partial charge in [-0.2, -0.15) is 0 Å². The highest BCUT2D eigenvalue weighted by Gasteiger charge is 2.33. The van der Waals surface area contributed by atoms with Crippen molar-refractivity contribution in [3.05, 3.63) is 11.6 Å². The van der Waals surface area contributed by atoms with Crippen LogP contribution in [0.4, 0.5) is 0 Å². The van der Waals surface area contributed by atoms with Gasteiger partial charge in [-0.25, -0.2) is 4.98 Å². The number of hydrogen-bond donors (Lipinski definition) is 2. The molecule has 1 aromatic heterocycles. The summed E-state index contributed by atoms with van der Waals surface area (Å²) in [6, 6.07) is 0.224. The highest BCUT2D eigenvalue weighted by Crippen LogP contribution is 2.38. The van der Waals surface area contributed by atoms with Crippen molar-refractivity contribution in [2.24, 2.45) is 11.3 Å². The Kier molecular flexibility index (Phi) is 4.13. The first-order valence-corrected chi connectivity index (χ1v) is 7.82. The van der Waals surface area contributed by atoms with E-state index in [-0.39, 0.29) is 23.2 Å². The van der Waals surface area contributed by atoms with Crippen molar-refractivity contribution >= 4 is 5.91 Å². The first-order chi connectivity index (χ1) is 9.58. The lowest BCUT2D eigenvalue weighted by Crippen LogP contribution is -2.44. The molecular weight excluding hydrogens is 264 g/mol. The van der Waals surface area contributed by atoms with Gasteiger partial charge in [0.2, 0.25) is 5.82 Å². The molecule has 0 spiro atoms. The molecule has 2 atom stereocenters. The molecule has 1 aromatic rings. The summed E-state index contributed by atoms with van der Waals surface area (Å²) >= 11 is 0. The average molecular weight is 292 g/mol. The van der Waals surface area contributed by atoms with Crippen LogP contribution in [0.2, 0.25) is 0 Å². The standard InChI is InChI=1S/C16H28N4O/c1-10-9-16(5,6)8-7-11(10)17-13(21)12-18-14(20-19-12)15(2,3)4/h10-11H,7-9H2,1-6H3,(H,17,21)(H,18,19,20). The zero-order valence-electron chi connectivity index (χ0n) is 14.1. The number of aromatic amines is 1. The zero-order valence-corrected chi connectivity index (χ0v) is 14.1. The average Bonchev–Trinajstić information content (AvgIpc) is 2.81. The molecule has 21 heavy (non-hydrogen) atoms. The molecular formula is C16H28N4O. The van der Waals surface area contributed by atoms with Gasteiger partial charge in [0.25, 0.3) is 5.91 Å². The molecule has 1 heterocycles. The molecule has 1 aliphatic carbocycles. The third-order valence-corrected chi connectivity index (χ3v) is 4.41. The van der Waals surface area contributed by atoms with Crippen molar-refractivity contribution in [1.82, 2.24) is 20.5 Å². The van der Waals surface area contributed by atoms with E-state index in [1.165, 1.54) is 0 Å². The van der Waals surface area contributed by atoms with Gasteiger partial charge in [0.15, 0.2) is 0 Å². The number of carbonyl (C=O) groups excluding carboxylic acids is 1. The normalized spacial score (nSPS) is 25.6.